The van der Waals surface area contributed by atoms with E-state index in [1.54, 1.807) is 0 Å². The Bertz CT molecular complexity index is 555. The van der Waals surface area contributed by atoms with Gasteiger partial charge in [0.25, 0.3) is 0 Å². The van der Waals surface area contributed by atoms with Gasteiger partial charge in [-0.3, -0.25) is 9.59 Å². The highest BCUT2D eigenvalue weighted by Gasteiger charge is 2.26. The number of carbonyl (C=O) groups excluding carboxylic acids is 2. The van der Waals surface area contributed by atoms with Crippen LogP contribution in [0.2, 0.25) is 0 Å². The Balaban J connectivity index is 1.59. The number of hydrogen-bond acceptors (Lipinski definition) is 4. The second-order valence-electron chi connectivity index (χ2n) is 7.12. The minimum absolute atomic E-state index is 0.0137. The lowest BCUT2D eigenvalue weighted by Gasteiger charge is -2.28. The van der Waals surface area contributed by atoms with Crippen LogP contribution in [0.25, 0.3) is 0 Å². The highest BCUT2D eigenvalue weighted by Crippen LogP contribution is 2.24. The first-order valence-electron chi connectivity index (χ1n) is 9.44. The van der Waals surface area contributed by atoms with Crippen molar-refractivity contribution >= 4 is 11.8 Å². The summed E-state index contributed by atoms with van der Waals surface area (Å²) in [5.74, 6) is 1.01. The highest BCUT2D eigenvalue weighted by molar-refractivity contribution is 5.79. The van der Waals surface area contributed by atoms with Crippen molar-refractivity contribution in [3.05, 3.63) is 30.3 Å². The molecule has 0 aliphatic heterocycles. The Morgan fingerprint density at radius 3 is 2.46 bits per heavy atom. The topological polar surface area (TPSA) is 70.7 Å². The Morgan fingerprint density at radius 2 is 1.81 bits per heavy atom. The minimum Gasteiger partial charge on any atom is -0.493 e. The zero-order valence-corrected chi connectivity index (χ0v) is 15.9. The molecule has 2 amide bonds. The van der Waals surface area contributed by atoms with Crippen molar-refractivity contribution < 1.29 is 14.3 Å². The van der Waals surface area contributed by atoms with Crippen molar-refractivity contribution in [2.75, 3.05) is 33.8 Å². The normalized spacial score (nSPS) is 19.8. The molecule has 1 aromatic carbocycles. The van der Waals surface area contributed by atoms with Crippen LogP contribution in [0, 0.1) is 5.92 Å². The third kappa shape index (κ3) is 7.44. The fourth-order valence-electron chi connectivity index (χ4n) is 3.13. The monoisotopic (exact) mass is 361 g/mol. The van der Waals surface area contributed by atoms with Crippen molar-refractivity contribution in [3.8, 4) is 5.75 Å². The first kappa shape index (κ1) is 20.2. The summed E-state index contributed by atoms with van der Waals surface area (Å²) < 4.78 is 5.55. The standard InChI is InChI=1S/C20H31N3O3/c1-23(2)14-13-21-20(25)16-8-10-17(11-9-16)22-19(24)12-15-26-18-6-4-3-5-7-18/h3-7,16-17H,8-15H2,1-2H3,(H,21,25)(H,22,24). The molecule has 2 N–H and O–H groups in total. The third-order valence-electron chi connectivity index (χ3n) is 4.66. The molecule has 0 heterocycles. The van der Waals surface area contributed by atoms with E-state index in [0.717, 1.165) is 38.0 Å². The summed E-state index contributed by atoms with van der Waals surface area (Å²) in [5, 5.41) is 6.06. The van der Waals surface area contributed by atoms with Gasteiger partial charge in [0.2, 0.25) is 11.8 Å². The van der Waals surface area contributed by atoms with Gasteiger partial charge in [-0.25, -0.2) is 0 Å². The maximum Gasteiger partial charge on any atom is 0.223 e. The fraction of sp³-hybridized carbons (Fsp3) is 0.600. The van der Waals surface area contributed by atoms with Crippen LogP contribution in [0.5, 0.6) is 5.75 Å². The quantitative estimate of drug-likeness (QED) is 0.704. The van der Waals surface area contributed by atoms with Gasteiger partial charge in [0.05, 0.1) is 13.0 Å². The zero-order chi connectivity index (χ0) is 18.8. The van der Waals surface area contributed by atoms with Gasteiger partial charge in [-0.2, -0.15) is 0 Å². The number of carbonyl (C=O) groups is 2. The van der Waals surface area contributed by atoms with Crippen molar-refractivity contribution in [1.82, 2.24) is 15.5 Å². The van der Waals surface area contributed by atoms with Gasteiger partial charge in [-0.1, -0.05) is 18.2 Å². The van der Waals surface area contributed by atoms with E-state index in [9.17, 15) is 9.59 Å². The van der Waals surface area contributed by atoms with Gasteiger partial charge in [0, 0.05) is 25.0 Å². The van der Waals surface area contributed by atoms with E-state index in [1.165, 1.54) is 0 Å². The van der Waals surface area contributed by atoms with Crippen LogP contribution in [-0.4, -0.2) is 56.5 Å². The second-order valence-corrected chi connectivity index (χ2v) is 7.12. The molecule has 6 nitrogen and oxygen atoms in total. The molecule has 144 valence electrons. The number of hydrogen-bond donors (Lipinski definition) is 2. The van der Waals surface area contributed by atoms with Gasteiger partial charge < -0.3 is 20.3 Å². The number of nitrogens with one attached hydrogen (secondary N) is 2. The molecule has 1 saturated carbocycles. The Kier molecular flexibility index (Phi) is 8.41. The molecule has 2 rings (SSSR count). The minimum atomic E-state index is 0.0137. The van der Waals surface area contributed by atoms with Crippen LogP contribution in [0.4, 0.5) is 0 Å². The molecule has 0 bridgehead atoms. The molecule has 0 atom stereocenters. The summed E-state index contributed by atoms with van der Waals surface area (Å²) in [6, 6.07) is 9.67. The molecule has 0 unspecified atom stereocenters. The first-order chi connectivity index (χ1) is 12.5. The van der Waals surface area contributed by atoms with Crippen molar-refractivity contribution in [1.29, 1.82) is 0 Å². The number of amides is 2. The second kappa shape index (κ2) is 10.8. The van der Waals surface area contributed by atoms with Crippen LogP contribution in [0.3, 0.4) is 0 Å². The maximum atomic E-state index is 12.2. The first-order valence-corrected chi connectivity index (χ1v) is 9.44. The predicted octanol–water partition coefficient (Wildman–Crippen LogP) is 1.81. The molecular weight excluding hydrogens is 330 g/mol. The number of para-hydroxylation sites is 1. The van der Waals surface area contributed by atoms with Gasteiger partial charge in [0.1, 0.15) is 5.75 Å². The summed E-state index contributed by atoms with van der Waals surface area (Å²) in [7, 11) is 3.98. The molecule has 1 aliphatic rings. The lowest BCUT2D eigenvalue weighted by molar-refractivity contribution is -0.126. The van der Waals surface area contributed by atoms with Crippen LogP contribution < -0.4 is 15.4 Å². The molecular formula is C20H31N3O3. The zero-order valence-electron chi connectivity index (χ0n) is 15.9. The average Bonchev–Trinajstić information content (AvgIpc) is 2.63. The van der Waals surface area contributed by atoms with Gasteiger partial charge >= 0.3 is 0 Å². The molecule has 1 aromatic rings. The summed E-state index contributed by atoms with van der Waals surface area (Å²) in [6.45, 7) is 1.91. The summed E-state index contributed by atoms with van der Waals surface area (Å²) >= 11 is 0. The van der Waals surface area contributed by atoms with Crippen molar-refractivity contribution in [2.45, 2.75) is 38.1 Å². The lowest BCUT2D eigenvalue weighted by atomic mass is 9.85. The number of rotatable bonds is 9. The molecule has 0 saturated heterocycles. The smallest absolute Gasteiger partial charge is 0.223 e. The van der Waals surface area contributed by atoms with Crippen molar-refractivity contribution in [2.24, 2.45) is 5.92 Å². The maximum absolute atomic E-state index is 12.2. The Morgan fingerprint density at radius 1 is 1.12 bits per heavy atom. The molecule has 0 radical (unpaired) electrons. The summed E-state index contributed by atoms with van der Waals surface area (Å²) in [5.41, 5.74) is 0. The number of nitrogens with zero attached hydrogens (tertiary/aromatic N) is 1. The van der Waals surface area contributed by atoms with E-state index < -0.39 is 0 Å². The fourth-order valence-corrected chi connectivity index (χ4v) is 3.13. The lowest BCUT2D eigenvalue weighted by Crippen LogP contribution is -2.42. The van der Waals surface area contributed by atoms with Gasteiger partial charge in [-0.15, -0.1) is 0 Å². The largest absolute Gasteiger partial charge is 0.493 e. The van der Waals surface area contributed by atoms with Crippen LogP contribution >= 0.6 is 0 Å². The number of benzene rings is 1. The van der Waals surface area contributed by atoms with E-state index in [-0.39, 0.29) is 23.8 Å². The summed E-state index contributed by atoms with van der Waals surface area (Å²) in [4.78, 5) is 26.2. The molecule has 26 heavy (non-hydrogen) atoms. The van der Waals surface area contributed by atoms with Gasteiger partial charge in [-0.05, 0) is 51.9 Å². The molecule has 1 aliphatic carbocycles. The number of ether oxygens (including phenoxy) is 1. The SMILES string of the molecule is CN(C)CCNC(=O)C1CCC(NC(=O)CCOc2ccccc2)CC1. The van der Waals surface area contributed by atoms with E-state index in [1.807, 2.05) is 49.3 Å². The van der Waals surface area contributed by atoms with Crippen LogP contribution in [0.1, 0.15) is 32.1 Å². The summed E-state index contributed by atoms with van der Waals surface area (Å²) in [6.07, 6.45) is 3.73. The Labute approximate surface area is 156 Å². The van der Waals surface area contributed by atoms with Gasteiger partial charge in [0.15, 0.2) is 0 Å². The molecule has 0 aromatic heterocycles. The number of likely N-dealkylation sites (N-methyl/N-ethyl adjacent to an activating group) is 1. The van der Waals surface area contributed by atoms with E-state index >= 15 is 0 Å². The van der Waals surface area contributed by atoms with E-state index in [2.05, 4.69) is 10.6 Å². The van der Waals surface area contributed by atoms with Crippen LogP contribution in [-0.2, 0) is 9.59 Å². The molecule has 0 spiro atoms. The molecule has 6 heteroatoms. The van der Waals surface area contributed by atoms with Crippen LogP contribution in [0.15, 0.2) is 30.3 Å². The average molecular weight is 361 g/mol. The third-order valence-corrected chi connectivity index (χ3v) is 4.66. The van der Waals surface area contributed by atoms with Crippen molar-refractivity contribution in [3.63, 3.8) is 0 Å². The van der Waals surface area contributed by atoms with E-state index in [0.29, 0.717) is 19.6 Å². The highest BCUT2D eigenvalue weighted by atomic mass is 16.5. The Hall–Kier alpha value is -2.08. The predicted molar refractivity (Wildman–Crippen MR) is 102 cm³/mol. The van der Waals surface area contributed by atoms with E-state index in [4.69, 9.17) is 4.74 Å². The molecule has 1 fully saturated rings.